The van der Waals surface area contributed by atoms with Gasteiger partial charge in [0.2, 0.25) is 0 Å². The van der Waals surface area contributed by atoms with Crippen molar-refractivity contribution < 1.29 is 8.42 Å². The number of rotatable bonds is 2. The average Bonchev–Trinajstić information content (AvgIpc) is 2.61. The number of hydrogen-bond acceptors (Lipinski definition) is 3. The molecule has 0 amide bonds. The molecule has 0 aliphatic heterocycles. The summed E-state index contributed by atoms with van der Waals surface area (Å²) in [4.78, 5) is 0. The molecule has 0 aromatic rings. The zero-order chi connectivity index (χ0) is 8.70. The van der Waals surface area contributed by atoms with Gasteiger partial charge in [-0.1, -0.05) is 15.9 Å². The van der Waals surface area contributed by atoms with Crippen LogP contribution in [-0.4, -0.2) is 25.3 Å². The molecule has 1 rings (SSSR count). The Morgan fingerprint density at radius 3 is 2.45 bits per heavy atom. The Labute approximate surface area is 74.4 Å². The fraction of sp³-hybridized carbons (Fsp3) is 0.833. The van der Waals surface area contributed by atoms with Crippen LogP contribution in [0.1, 0.15) is 6.42 Å². The fourth-order valence-corrected chi connectivity index (χ4v) is 3.64. The number of nitriles is 1. The van der Waals surface area contributed by atoms with Crippen molar-refractivity contribution in [2.45, 2.75) is 11.7 Å². The van der Waals surface area contributed by atoms with Crippen molar-refractivity contribution in [1.82, 2.24) is 0 Å². The van der Waals surface area contributed by atoms with Gasteiger partial charge >= 0.3 is 0 Å². The van der Waals surface area contributed by atoms with Gasteiger partial charge in [-0.2, -0.15) is 5.26 Å². The van der Waals surface area contributed by atoms with Gasteiger partial charge in [0.15, 0.2) is 9.84 Å². The molecule has 0 spiro atoms. The lowest BCUT2D eigenvalue weighted by molar-refractivity contribution is 0.595. The van der Waals surface area contributed by atoms with Crippen LogP contribution in [0.25, 0.3) is 0 Å². The largest absolute Gasteiger partial charge is 0.229 e. The maximum absolute atomic E-state index is 11.0. The number of alkyl halides is 1. The lowest BCUT2D eigenvalue weighted by atomic mass is 10.2. The van der Waals surface area contributed by atoms with Gasteiger partial charge in [0.05, 0.1) is 16.7 Å². The summed E-state index contributed by atoms with van der Waals surface area (Å²) in [6.45, 7) is 0. The summed E-state index contributed by atoms with van der Waals surface area (Å²) in [5, 5.41) is 8.65. The Kier molecular flexibility index (Phi) is 2.01. The molecule has 62 valence electrons. The van der Waals surface area contributed by atoms with Crippen molar-refractivity contribution in [3.05, 3.63) is 0 Å². The van der Waals surface area contributed by atoms with Crippen LogP contribution in [0.4, 0.5) is 0 Å². The van der Waals surface area contributed by atoms with Crippen LogP contribution >= 0.6 is 15.9 Å². The van der Waals surface area contributed by atoms with Crippen LogP contribution in [0.15, 0.2) is 0 Å². The van der Waals surface area contributed by atoms with E-state index in [-0.39, 0.29) is 0 Å². The van der Waals surface area contributed by atoms with Crippen LogP contribution < -0.4 is 0 Å². The number of sulfone groups is 1. The molecular weight excluding hydrogens is 230 g/mol. The Morgan fingerprint density at radius 2 is 2.36 bits per heavy atom. The Morgan fingerprint density at radius 1 is 1.82 bits per heavy atom. The Hall–Kier alpha value is -0.0800. The maximum Gasteiger partial charge on any atom is 0.151 e. The minimum absolute atomic E-state index is 0.445. The van der Waals surface area contributed by atoms with Crippen LogP contribution in [0.5, 0.6) is 0 Å². The van der Waals surface area contributed by atoms with Gasteiger partial charge in [-0.05, 0) is 6.42 Å². The van der Waals surface area contributed by atoms with Gasteiger partial charge in [-0.3, -0.25) is 0 Å². The molecular formula is C6H8BrNO2S. The van der Waals surface area contributed by atoms with Crippen molar-refractivity contribution in [3.8, 4) is 6.07 Å². The molecule has 1 saturated carbocycles. The van der Waals surface area contributed by atoms with E-state index >= 15 is 0 Å². The standard InChI is InChI=1S/C6H8BrNO2S/c1-11(9,10)5-2-6(5,3-7)4-8/h5H,2-3H2,1H3/t5-,6+/m1/s1. The zero-order valence-electron chi connectivity index (χ0n) is 6.04. The summed E-state index contributed by atoms with van der Waals surface area (Å²) in [5.41, 5.74) is -0.631. The zero-order valence-corrected chi connectivity index (χ0v) is 8.44. The summed E-state index contributed by atoms with van der Waals surface area (Å²) in [7, 11) is -3.01. The molecule has 1 aliphatic rings. The molecule has 3 nitrogen and oxygen atoms in total. The van der Waals surface area contributed by atoms with E-state index in [1.54, 1.807) is 0 Å². The van der Waals surface area contributed by atoms with Crippen LogP contribution in [0.3, 0.4) is 0 Å². The molecule has 5 heteroatoms. The highest BCUT2D eigenvalue weighted by atomic mass is 79.9. The topological polar surface area (TPSA) is 57.9 Å². The maximum atomic E-state index is 11.0. The lowest BCUT2D eigenvalue weighted by Crippen LogP contribution is -2.14. The lowest BCUT2D eigenvalue weighted by Gasteiger charge is -1.99. The quantitative estimate of drug-likeness (QED) is 0.665. The van der Waals surface area contributed by atoms with Crippen molar-refractivity contribution in [2.24, 2.45) is 5.41 Å². The third kappa shape index (κ3) is 1.42. The summed E-state index contributed by atoms with van der Waals surface area (Å²) < 4.78 is 21.9. The molecule has 0 bridgehead atoms. The third-order valence-corrected chi connectivity index (χ3v) is 4.64. The van der Waals surface area contributed by atoms with Gasteiger partial charge in [-0.15, -0.1) is 0 Å². The molecule has 0 heterocycles. The SMILES string of the molecule is CS(=O)(=O)[C@@H]1C[C@@]1(C#N)CBr. The second-order valence-corrected chi connectivity index (χ2v) is 5.71. The van der Waals surface area contributed by atoms with E-state index in [0.29, 0.717) is 11.8 Å². The van der Waals surface area contributed by atoms with Gasteiger partial charge in [0.1, 0.15) is 0 Å². The fourth-order valence-electron chi connectivity index (χ4n) is 1.12. The van der Waals surface area contributed by atoms with E-state index in [0.717, 1.165) is 0 Å². The monoisotopic (exact) mass is 237 g/mol. The number of hydrogen-bond donors (Lipinski definition) is 0. The molecule has 1 fully saturated rings. The predicted octanol–water partition coefficient (Wildman–Crippen LogP) is 0.708. The Balaban J connectivity index is 2.84. The summed E-state index contributed by atoms with van der Waals surface area (Å²) >= 11 is 3.14. The predicted molar refractivity (Wildman–Crippen MR) is 45.1 cm³/mol. The highest BCUT2D eigenvalue weighted by molar-refractivity contribution is 9.09. The van der Waals surface area contributed by atoms with Gasteiger partial charge in [0, 0.05) is 11.6 Å². The summed E-state index contributed by atoms with van der Waals surface area (Å²) in [5.74, 6) is 0. The Bertz CT molecular complexity index is 305. The second kappa shape index (κ2) is 2.46. The normalized spacial score (nSPS) is 36.3. The minimum atomic E-state index is -3.01. The van der Waals surface area contributed by atoms with Crippen LogP contribution in [0.2, 0.25) is 0 Å². The molecule has 1 aliphatic carbocycles. The average molecular weight is 238 g/mol. The number of halogens is 1. The smallest absolute Gasteiger partial charge is 0.151 e. The van der Waals surface area contributed by atoms with E-state index in [1.165, 1.54) is 6.26 Å². The first-order valence-electron chi connectivity index (χ1n) is 3.12. The summed E-state index contributed by atoms with van der Waals surface area (Å²) in [6, 6.07) is 2.03. The summed E-state index contributed by atoms with van der Waals surface area (Å²) in [6.07, 6.45) is 1.66. The van der Waals surface area contributed by atoms with E-state index < -0.39 is 20.5 Å². The first-order valence-corrected chi connectivity index (χ1v) is 6.20. The van der Waals surface area contributed by atoms with E-state index in [1.807, 2.05) is 6.07 Å². The van der Waals surface area contributed by atoms with E-state index in [9.17, 15) is 8.42 Å². The van der Waals surface area contributed by atoms with Crippen molar-refractivity contribution >= 4 is 25.8 Å². The molecule has 0 aromatic heterocycles. The van der Waals surface area contributed by atoms with Crippen LogP contribution in [0, 0.1) is 16.7 Å². The van der Waals surface area contributed by atoms with Crippen LogP contribution in [-0.2, 0) is 9.84 Å². The highest BCUT2D eigenvalue weighted by Crippen LogP contribution is 2.51. The molecule has 0 aromatic carbocycles. The molecule has 0 saturated heterocycles. The van der Waals surface area contributed by atoms with Crippen molar-refractivity contribution in [1.29, 1.82) is 5.26 Å². The first-order chi connectivity index (χ1) is 4.96. The molecule has 0 radical (unpaired) electrons. The van der Waals surface area contributed by atoms with Gasteiger partial charge in [0.25, 0.3) is 0 Å². The molecule has 0 unspecified atom stereocenters. The highest BCUT2D eigenvalue weighted by Gasteiger charge is 2.59. The van der Waals surface area contributed by atoms with Crippen molar-refractivity contribution in [3.63, 3.8) is 0 Å². The van der Waals surface area contributed by atoms with E-state index in [4.69, 9.17) is 5.26 Å². The second-order valence-electron chi connectivity index (χ2n) is 2.92. The molecule has 11 heavy (non-hydrogen) atoms. The van der Waals surface area contributed by atoms with Gasteiger partial charge < -0.3 is 0 Å². The third-order valence-electron chi connectivity index (χ3n) is 1.98. The number of nitrogens with zero attached hydrogens (tertiary/aromatic N) is 1. The first kappa shape index (κ1) is 9.01. The van der Waals surface area contributed by atoms with Crippen molar-refractivity contribution in [2.75, 3.05) is 11.6 Å². The van der Waals surface area contributed by atoms with Gasteiger partial charge in [-0.25, -0.2) is 8.42 Å². The molecule has 0 N–H and O–H groups in total. The minimum Gasteiger partial charge on any atom is -0.229 e. The molecule has 2 atom stereocenters. The van der Waals surface area contributed by atoms with E-state index in [2.05, 4.69) is 15.9 Å².